The third-order valence-electron chi connectivity index (χ3n) is 7.74. The van der Waals surface area contributed by atoms with Crippen LogP contribution in [0.5, 0.6) is 0 Å². The summed E-state index contributed by atoms with van der Waals surface area (Å²) in [5.41, 5.74) is 8.21. The summed E-state index contributed by atoms with van der Waals surface area (Å²) in [4.78, 5) is 5.21. The molecule has 0 bridgehead atoms. The first kappa shape index (κ1) is 26.2. The normalized spacial score (nSPS) is 13.0. The highest BCUT2D eigenvalue weighted by atomic mass is 32.2. The Morgan fingerprint density at radius 2 is 0.814 bits per heavy atom. The summed E-state index contributed by atoms with van der Waals surface area (Å²) in [6.07, 6.45) is 0. The summed E-state index contributed by atoms with van der Waals surface area (Å²) < 4.78 is 27.3. The molecular formula is C36H24N2O2S3. The molecule has 0 aliphatic carbocycles. The average molecular weight is 613 g/mol. The van der Waals surface area contributed by atoms with Gasteiger partial charge in [0.05, 0.1) is 32.5 Å². The first-order chi connectivity index (χ1) is 21.0. The number of anilines is 4. The molecule has 0 spiro atoms. The van der Waals surface area contributed by atoms with Gasteiger partial charge in [-0.3, -0.25) is 0 Å². The van der Waals surface area contributed by atoms with Gasteiger partial charge in [0.2, 0.25) is 9.84 Å². The summed E-state index contributed by atoms with van der Waals surface area (Å²) in [6.45, 7) is 0. The van der Waals surface area contributed by atoms with Crippen molar-refractivity contribution in [1.82, 2.24) is 0 Å². The second kappa shape index (κ2) is 10.4. The molecule has 4 nitrogen and oxygen atoms in total. The number of rotatable bonds is 4. The Labute approximate surface area is 259 Å². The van der Waals surface area contributed by atoms with Crippen LogP contribution in [0.4, 0.5) is 22.7 Å². The van der Waals surface area contributed by atoms with Gasteiger partial charge in [-0.15, -0.1) is 0 Å². The third kappa shape index (κ3) is 4.61. The van der Waals surface area contributed by atoms with Gasteiger partial charge in [-0.25, -0.2) is 8.42 Å². The number of fused-ring (bicyclic) bond motifs is 4. The van der Waals surface area contributed by atoms with E-state index in [1.54, 1.807) is 47.8 Å². The van der Waals surface area contributed by atoms with Crippen LogP contribution in [0.3, 0.4) is 0 Å². The maximum Gasteiger partial charge on any atom is 0.206 e. The molecule has 2 aliphatic heterocycles. The fourth-order valence-corrected chi connectivity index (χ4v) is 8.86. The second-order valence-corrected chi connectivity index (χ2v) is 14.5. The van der Waals surface area contributed by atoms with E-state index in [1.165, 1.54) is 9.79 Å². The summed E-state index contributed by atoms with van der Waals surface area (Å²) in [5.74, 6) is 0. The van der Waals surface area contributed by atoms with Crippen molar-refractivity contribution in [2.45, 2.75) is 29.4 Å². The van der Waals surface area contributed by atoms with E-state index >= 15 is 0 Å². The van der Waals surface area contributed by atoms with E-state index < -0.39 is 9.84 Å². The van der Waals surface area contributed by atoms with Crippen LogP contribution >= 0.6 is 23.5 Å². The fraction of sp³-hybridized carbons (Fsp3) is 0. The summed E-state index contributed by atoms with van der Waals surface area (Å²) in [6, 6.07) is 43.3. The molecular weight excluding hydrogens is 589 g/mol. The topological polar surface area (TPSA) is 58.2 Å². The van der Waals surface area contributed by atoms with Crippen LogP contribution < -0.4 is 10.6 Å². The highest BCUT2D eigenvalue weighted by Gasteiger charge is 2.22. The number of hydrogen-bond acceptors (Lipinski definition) is 6. The Hall–Kier alpha value is -4.43. The van der Waals surface area contributed by atoms with Gasteiger partial charge in [0.1, 0.15) is 0 Å². The van der Waals surface area contributed by atoms with E-state index in [-0.39, 0.29) is 9.79 Å². The maximum atomic E-state index is 13.6. The van der Waals surface area contributed by atoms with Crippen LogP contribution in [0.25, 0.3) is 22.3 Å². The van der Waals surface area contributed by atoms with Gasteiger partial charge in [-0.2, -0.15) is 0 Å². The minimum atomic E-state index is -3.69. The lowest BCUT2D eigenvalue weighted by Gasteiger charge is -2.23. The monoisotopic (exact) mass is 612 g/mol. The molecule has 2 aliphatic rings. The van der Waals surface area contributed by atoms with Gasteiger partial charge < -0.3 is 10.6 Å². The molecule has 0 radical (unpaired) electrons. The number of hydrogen-bond donors (Lipinski definition) is 2. The van der Waals surface area contributed by atoms with Gasteiger partial charge in [0.15, 0.2) is 0 Å². The number of benzene rings is 6. The molecule has 0 fully saturated rings. The van der Waals surface area contributed by atoms with Crippen molar-refractivity contribution in [1.29, 1.82) is 0 Å². The van der Waals surface area contributed by atoms with Crippen molar-refractivity contribution in [2.75, 3.05) is 10.6 Å². The zero-order valence-corrected chi connectivity index (χ0v) is 25.2. The summed E-state index contributed by atoms with van der Waals surface area (Å²) in [7, 11) is -3.69. The van der Waals surface area contributed by atoms with Crippen molar-refractivity contribution < 1.29 is 8.42 Å². The SMILES string of the molecule is O=S(=O)(c1ccc(-c2cccc3c2Nc2ccccc2S3)cc1)c1ccc(-c2cccc3c2Nc2ccccc2S3)cc1. The van der Waals surface area contributed by atoms with Gasteiger partial charge in [0.25, 0.3) is 0 Å². The molecule has 6 aromatic carbocycles. The van der Waals surface area contributed by atoms with Gasteiger partial charge in [-0.05, 0) is 71.8 Å². The highest BCUT2D eigenvalue weighted by molar-refractivity contribution is 8.00. The summed E-state index contributed by atoms with van der Waals surface area (Å²) >= 11 is 3.47. The Balaban J connectivity index is 1.07. The zero-order chi connectivity index (χ0) is 29.0. The molecule has 208 valence electrons. The Morgan fingerprint density at radius 3 is 1.26 bits per heavy atom. The Morgan fingerprint density at radius 1 is 0.419 bits per heavy atom. The number of para-hydroxylation sites is 4. The van der Waals surface area contributed by atoms with E-state index in [2.05, 4.69) is 59.2 Å². The fourth-order valence-electron chi connectivity index (χ4n) is 5.56. The van der Waals surface area contributed by atoms with Crippen LogP contribution in [0.15, 0.2) is 163 Å². The van der Waals surface area contributed by atoms with Gasteiger partial charge in [0, 0.05) is 30.7 Å². The quantitative estimate of drug-likeness (QED) is 0.206. The standard InChI is InChI=1S/C36H24N2O2S3/c39-43(40,25-19-15-23(16-20-25)27-7-5-13-33-35(27)37-29-9-1-3-11-31(29)41-33)26-21-17-24(18-22-26)28-8-6-14-34-36(28)38-30-10-2-4-12-32(30)42-34/h1-22,37-38H. The van der Waals surface area contributed by atoms with Crippen molar-refractivity contribution in [3.63, 3.8) is 0 Å². The molecule has 0 saturated heterocycles. The lowest BCUT2D eigenvalue weighted by Crippen LogP contribution is -2.03. The molecule has 0 amide bonds. The van der Waals surface area contributed by atoms with E-state index in [0.29, 0.717) is 0 Å². The number of nitrogens with one attached hydrogen (secondary N) is 2. The van der Waals surface area contributed by atoms with Crippen molar-refractivity contribution in [3.8, 4) is 22.3 Å². The first-order valence-corrected chi connectivity index (χ1v) is 17.0. The van der Waals surface area contributed by atoms with Crippen LogP contribution in [0.1, 0.15) is 0 Å². The lowest BCUT2D eigenvalue weighted by atomic mass is 10.0. The molecule has 8 rings (SSSR count). The molecule has 2 N–H and O–H groups in total. The molecule has 0 aromatic heterocycles. The molecule has 6 aromatic rings. The van der Waals surface area contributed by atoms with E-state index in [4.69, 9.17) is 0 Å². The molecule has 0 atom stereocenters. The van der Waals surface area contributed by atoms with Crippen LogP contribution in [0, 0.1) is 0 Å². The second-order valence-electron chi connectivity index (χ2n) is 10.4. The minimum absolute atomic E-state index is 0.272. The van der Waals surface area contributed by atoms with Crippen molar-refractivity contribution in [3.05, 3.63) is 133 Å². The minimum Gasteiger partial charge on any atom is -0.353 e. The maximum absolute atomic E-state index is 13.6. The first-order valence-electron chi connectivity index (χ1n) is 13.8. The number of sulfone groups is 1. The zero-order valence-electron chi connectivity index (χ0n) is 22.7. The smallest absolute Gasteiger partial charge is 0.206 e. The Kier molecular flexibility index (Phi) is 6.33. The molecule has 0 saturated carbocycles. The molecule has 7 heteroatoms. The molecule has 0 unspecified atom stereocenters. The average Bonchev–Trinajstić information content (AvgIpc) is 3.06. The largest absolute Gasteiger partial charge is 0.353 e. The lowest BCUT2D eigenvalue weighted by molar-refractivity contribution is 0.596. The van der Waals surface area contributed by atoms with Crippen LogP contribution in [0.2, 0.25) is 0 Å². The van der Waals surface area contributed by atoms with Gasteiger partial charge in [-0.1, -0.05) is 96.3 Å². The predicted molar refractivity (Wildman–Crippen MR) is 177 cm³/mol. The van der Waals surface area contributed by atoms with E-state index in [9.17, 15) is 8.42 Å². The Bertz CT molecular complexity index is 1990. The summed E-state index contributed by atoms with van der Waals surface area (Å²) in [5, 5.41) is 7.15. The van der Waals surface area contributed by atoms with Crippen molar-refractivity contribution in [2.24, 2.45) is 0 Å². The van der Waals surface area contributed by atoms with Crippen LogP contribution in [-0.4, -0.2) is 8.42 Å². The van der Waals surface area contributed by atoms with Crippen molar-refractivity contribution >= 4 is 56.1 Å². The highest BCUT2D eigenvalue weighted by Crippen LogP contribution is 2.49. The van der Waals surface area contributed by atoms with Crippen LogP contribution in [-0.2, 0) is 9.84 Å². The molecule has 43 heavy (non-hydrogen) atoms. The van der Waals surface area contributed by atoms with E-state index in [0.717, 1.165) is 54.8 Å². The van der Waals surface area contributed by atoms with Gasteiger partial charge >= 0.3 is 0 Å². The molecule has 2 heterocycles. The third-order valence-corrected chi connectivity index (χ3v) is 11.8. The van der Waals surface area contributed by atoms with E-state index in [1.807, 2.05) is 60.7 Å². The predicted octanol–water partition coefficient (Wildman–Crippen LogP) is 10.3.